The van der Waals surface area contributed by atoms with Gasteiger partial charge in [0.2, 0.25) is 5.75 Å². The van der Waals surface area contributed by atoms with Crippen LogP contribution in [0, 0.1) is 6.92 Å². The van der Waals surface area contributed by atoms with Gasteiger partial charge in [0.25, 0.3) is 5.91 Å². The highest BCUT2D eigenvalue weighted by Gasteiger charge is 2.22. The fourth-order valence-electron chi connectivity index (χ4n) is 4.41. The summed E-state index contributed by atoms with van der Waals surface area (Å²) in [6.45, 7) is 6.50. The quantitative estimate of drug-likeness (QED) is 0.466. The van der Waals surface area contributed by atoms with Crippen LogP contribution in [0.15, 0.2) is 42.5 Å². The summed E-state index contributed by atoms with van der Waals surface area (Å²) >= 11 is 6.15. The molecule has 1 saturated heterocycles. The largest absolute Gasteiger partial charge is 0.493 e. The van der Waals surface area contributed by atoms with Gasteiger partial charge in [-0.3, -0.25) is 9.69 Å². The maximum atomic E-state index is 13.4. The lowest BCUT2D eigenvalue weighted by atomic mass is 10.1. The Bertz CT molecular complexity index is 1160. The first-order valence-corrected chi connectivity index (χ1v) is 11.9. The van der Waals surface area contributed by atoms with Crippen molar-refractivity contribution in [2.24, 2.45) is 0 Å². The van der Waals surface area contributed by atoms with Crippen LogP contribution in [-0.2, 0) is 6.42 Å². The first-order chi connectivity index (χ1) is 16.9. The Morgan fingerprint density at radius 3 is 2.26 bits per heavy atom. The van der Waals surface area contributed by atoms with Gasteiger partial charge < -0.3 is 19.1 Å². The second kappa shape index (κ2) is 11.0. The van der Waals surface area contributed by atoms with Gasteiger partial charge in [0.05, 0.1) is 27.0 Å². The van der Waals surface area contributed by atoms with E-state index in [0.29, 0.717) is 29.2 Å². The number of aromatic nitrogens is 2. The van der Waals surface area contributed by atoms with Crippen LogP contribution < -0.4 is 19.1 Å². The van der Waals surface area contributed by atoms with Crippen molar-refractivity contribution in [2.75, 3.05) is 59.0 Å². The van der Waals surface area contributed by atoms with E-state index in [9.17, 15) is 4.79 Å². The highest BCUT2D eigenvalue weighted by molar-refractivity contribution is 6.30. The van der Waals surface area contributed by atoms with Gasteiger partial charge in [0, 0.05) is 61.1 Å². The Balaban J connectivity index is 1.44. The van der Waals surface area contributed by atoms with Crippen LogP contribution in [0.1, 0.15) is 21.7 Å². The number of benzene rings is 2. The lowest BCUT2D eigenvalue weighted by Gasteiger charge is -2.36. The normalized spacial score (nSPS) is 14.1. The third-order valence-corrected chi connectivity index (χ3v) is 6.47. The van der Waals surface area contributed by atoms with Crippen LogP contribution in [0.25, 0.3) is 0 Å². The predicted molar refractivity (Wildman–Crippen MR) is 137 cm³/mol. The maximum Gasteiger partial charge on any atom is 0.278 e. The molecule has 0 bridgehead atoms. The van der Waals surface area contributed by atoms with E-state index in [-0.39, 0.29) is 5.91 Å². The van der Waals surface area contributed by atoms with Gasteiger partial charge in [0.15, 0.2) is 11.5 Å². The minimum absolute atomic E-state index is 0.238. The molecule has 0 radical (unpaired) electrons. The van der Waals surface area contributed by atoms with Crippen LogP contribution in [0.2, 0.25) is 5.02 Å². The summed E-state index contributed by atoms with van der Waals surface area (Å²) in [5, 5.41) is 5.23. The fraction of sp³-hybridized carbons (Fsp3) is 0.385. The van der Waals surface area contributed by atoms with Crippen molar-refractivity contribution < 1.29 is 19.0 Å². The standard InChI is InChI=1S/C26H31ClN4O4/c1-18-14-22(8-9-29-10-12-30(13-11-29)21-7-5-6-20(27)17-21)31(28-18)26(32)19-15-23(33-2)25(35-4)24(16-19)34-3/h5-7,14-17H,8-13H2,1-4H3. The average molecular weight is 499 g/mol. The topological polar surface area (TPSA) is 69.1 Å². The molecule has 1 fully saturated rings. The number of ether oxygens (including phenoxy) is 3. The summed E-state index contributed by atoms with van der Waals surface area (Å²) in [6, 6.07) is 13.3. The Kier molecular flexibility index (Phi) is 7.83. The van der Waals surface area contributed by atoms with E-state index in [1.807, 2.05) is 31.2 Å². The number of piperazine rings is 1. The molecule has 1 aromatic heterocycles. The number of methoxy groups -OCH3 is 3. The summed E-state index contributed by atoms with van der Waals surface area (Å²) in [5.41, 5.74) is 3.24. The average Bonchev–Trinajstić information content (AvgIpc) is 3.26. The second-order valence-corrected chi connectivity index (χ2v) is 8.90. The first-order valence-electron chi connectivity index (χ1n) is 11.6. The summed E-state index contributed by atoms with van der Waals surface area (Å²) < 4.78 is 17.7. The highest BCUT2D eigenvalue weighted by atomic mass is 35.5. The van der Waals surface area contributed by atoms with E-state index < -0.39 is 0 Å². The van der Waals surface area contributed by atoms with Crippen molar-refractivity contribution in [1.29, 1.82) is 0 Å². The molecule has 0 saturated carbocycles. The van der Waals surface area contributed by atoms with Crippen LogP contribution in [-0.4, -0.2) is 74.6 Å². The van der Waals surface area contributed by atoms with E-state index in [1.54, 1.807) is 12.1 Å². The number of aryl methyl sites for hydroxylation is 1. The Hall–Kier alpha value is -3.23. The number of rotatable bonds is 8. The summed E-state index contributed by atoms with van der Waals surface area (Å²) in [7, 11) is 4.59. The van der Waals surface area contributed by atoms with Crippen LogP contribution >= 0.6 is 11.6 Å². The number of nitrogens with zero attached hydrogens (tertiary/aromatic N) is 4. The number of hydrogen-bond acceptors (Lipinski definition) is 7. The van der Waals surface area contributed by atoms with Gasteiger partial charge in [-0.1, -0.05) is 17.7 Å². The molecular formula is C26H31ClN4O4. The van der Waals surface area contributed by atoms with Gasteiger partial charge in [-0.15, -0.1) is 0 Å². The van der Waals surface area contributed by atoms with E-state index in [4.69, 9.17) is 25.8 Å². The molecule has 186 valence electrons. The molecule has 0 spiro atoms. The van der Waals surface area contributed by atoms with Gasteiger partial charge in [0.1, 0.15) is 0 Å². The molecule has 2 aromatic carbocycles. The van der Waals surface area contributed by atoms with E-state index in [1.165, 1.54) is 26.0 Å². The predicted octanol–water partition coefficient (Wildman–Crippen LogP) is 3.92. The Morgan fingerprint density at radius 1 is 0.971 bits per heavy atom. The maximum absolute atomic E-state index is 13.4. The minimum Gasteiger partial charge on any atom is -0.493 e. The monoisotopic (exact) mass is 498 g/mol. The van der Waals surface area contributed by atoms with Crippen LogP contribution in [0.3, 0.4) is 0 Å². The zero-order valence-electron chi connectivity index (χ0n) is 20.6. The minimum atomic E-state index is -0.238. The van der Waals surface area contributed by atoms with E-state index in [2.05, 4.69) is 21.0 Å². The summed E-state index contributed by atoms with van der Waals surface area (Å²) in [4.78, 5) is 18.2. The Labute approximate surface area is 210 Å². The van der Waals surface area contributed by atoms with Crippen LogP contribution in [0.5, 0.6) is 17.2 Å². The van der Waals surface area contributed by atoms with Crippen molar-refractivity contribution in [3.8, 4) is 17.2 Å². The summed E-state index contributed by atoms with van der Waals surface area (Å²) in [6.07, 6.45) is 0.716. The molecule has 0 aliphatic carbocycles. The first kappa shape index (κ1) is 24.9. The molecule has 35 heavy (non-hydrogen) atoms. The molecule has 1 aliphatic heterocycles. The molecule has 4 rings (SSSR count). The lowest BCUT2D eigenvalue weighted by Crippen LogP contribution is -2.47. The van der Waals surface area contributed by atoms with Gasteiger partial charge in [-0.05, 0) is 43.3 Å². The second-order valence-electron chi connectivity index (χ2n) is 8.47. The van der Waals surface area contributed by atoms with Gasteiger partial charge >= 0.3 is 0 Å². The SMILES string of the molecule is COc1cc(C(=O)n2nc(C)cc2CCN2CCN(c3cccc(Cl)c3)CC2)cc(OC)c1OC. The zero-order chi connectivity index (χ0) is 24.9. The third-order valence-electron chi connectivity index (χ3n) is 6.24. The number of carbonyl (C=O) groups excluding carboxylic acids is 1. The van der Waals surface area contributed by atoms with Crippen molar-refractivity contribution in [2.45, 2.75) is 13.3 Å². The smallest absolute Gasteiger partial charge is 0.278 e. The number of hydrogen-bond donors (Lipinski definition) is 0. The molecule has 9 heteroatoms. The number of carbonyl (C=O) groups is 1. The molecule has 1 aliphatic rings. The number of halogens is 1. The van der Waals surface area contributed by atoms with E-state index >= 15 is 0 Å². The zero-order valence-corrected chi connectivity index (χ0v) is 21.3. The molecule has 2 heterocycles. The van der Waals surface area contributed by atoms with Crippen molar-refractivity contribution in [3.05, 3.63) is 64.4 Å². The molecule has 0 atom stereocenters. The molecule has 0 amide bonds. The van der Waals surface area contributed by atoms with Gasteiger partial charge in [-0.25, -0.2) is 4.68 Å². The number of anilines is 1. The fourth-order valence-corrected chi connectivity index (χ4v) is 4.59. The molecule has 0 N–H and O–H groups in total. The third kappa shape index (κ3) is 5.55. The summed E-state index contributed by atoms with van der Waals surface area (Å²) in [5.74, 6) is 1.06. The van der Waals surface area contributed by atoms with E-state index in [0.717, 1.165) is 54.8 Å². The van der Waals surface area contributed by atoms with Crippen molar-refractivity contribution in [3.63, 3.8) is 0 Å². The van der Waals surface area contributed by atoms with Gasteiger partial charge in [-0.2, -0.15) is 5.10 Å². The molecular weight excluding hydrogens is 468 g/mol. The van der Waals surface area contributed by atoms with Crippen molar-refractivity contribution >= 4 is 23.2 Å². The molecule has 0 unspecified atom stereocenters. The molecule has 3 aromatic rings. The van der Waals surface area contributed by atoms with Crippen molar-refractivity contribution in [1.82, 2.24) is 14.7 Å². The highest BCUT2D eigenvalue weighted by Crippen LogP contribution is 2.38. The lowest BCUT2D eigenvalue weighted by molar-refractivity contribution is 0.0939. The Morgan fingerprint density at radius 2 is 1.66 bits per heavy atom. The van der Waals surface area contributed by atoms with Crippen LogP contribution in [0.4, 0.5) is 5.69 Å². The molecule has 8 nitrogen and oxygen atoms in total.